The number of fused-ring (bicyclic) bond motifs is 2. The second-order valence-electron chi connectivity index (χ2n) is 8.01. The molecule has 0 N–H and O–H groups in total. The number of likely N-dealkylation sites (N-methyl/N-ethyl adjacent to an activating group) is 1. The van der Waals surface area contributed by atoms with Crippen LogP contribution in [0.4, 0.5) is 11.5 Å². The molecule has 0 radical (unpaired) electrons. The van der Waals surface area contributed by atoms with Gasteiger partial charge in [0, 0.05) is 25.7 Å². The topological polar surface area (TPSA) is 110 Å². The normalized spacial score (nSPS) is 19.8. The molecule has 0 saturated heterocycles. The third kappa shape index (κ3) is 3.25. The number of rotatable bonds is 3. The number of amides is 2. The summed E-state index contributed by atoms with van der Waals surface area (Å²) in [6.07, 6.45) is 3.62. The van der Waals surface area contributed by atoms with Crippen molar-refractivity contribution in [2.75, 3.05) is 23.1 Å². The number of hydrogen-bond donors (Lipinski definition) is 0. The van der Waals surface area contributed by atoms with E-state index in [1.54, 1.807) is 56.7 Å². The van der Waals surface area contributed by atoms with Crippen LogP contribution in [-0.2, 0) is 14.6 Å². The summed E-state index contributed by atoms with van der Waals surface area (Å²) >= 11 is 0. The molecule has 5 rings (SSSR count). The van der Waals surface area contributed by atoms with Gasteiger partial charge >= 0.3 is 0 Å². The molecular formula is C23H20N4O5S. The van der Waals surface area contributed by atoms with Gasteiger partial charge in [-0.2, -0.15) is 4.98 Å². The van der Waals surface area contributed by atoms with Gasteiger partial charge < -0.3 is 9.64 Å². The zero-order valence-corrected chi connectivity index (χ0v) is 18.9. The lowest BCUT2D eigenvalue weighted by atomic mass is 9.99. The fraction of sp³-hybridized carbons (Fsp3) is 0.217. The van der Waals surface area contributed by atoms with Gasteiger partial charge in [-0.15, -0.1) is 0 Å². The van der Waals surface area contributed by atoms with E-state index in [0.29, 0.717) is 16.8 Å². The Labute approximate surface area is 190 Å². The zero-order valence-electron chi connectivity index (χ0n) is 18.1. The molecule has 2 aromatic heterocycles. The van der Waals surface area contributed by atoms with Crippen LogP contribution < -0.4 is 14.5 Å². The second-order valence-corrected chi connectivity index (χ2v) is 9.99. The number of nitrogens with zero attached hydrogens (tertiary/aromatic N) is 4. The molecule has 2 amide bonds. The number of carbonyl (C=O) groups is 2. The van der Waals surface area contributed by atoms with E-state index in [1.165, 1.54) is 15.9 Å². The zero-order chi connectivity index (χ0) is 23.5. The molecule has 2 aliphatic heterocycles. The van der Waals surface area contributed by atoms with Crippen molar-refractivity contribution in [1.29, 1.82) is 0 Å². The highest BCUT2D eigenvalue weighted by molar-refractivity contribution is 7.90. The first-order valence-corrected chi connectivity index (χ1v) is 12.1. The molecule has 10 heteroatoms. The van der Waals surface area contributed by atoms with Gasteiger partial charge in [-0.05, 0) is 42.3 Å². The van der Waals surface area contributed by atoms with E-state index < -0.39 is 27.9 Å². The van der Waals surface area contributed by atoms with Crippen LogP contribution in [0.3, 0.4) is 0 Å². The van der Waals surface area contributed by atoms with Crippen LogP contribution in [-0.4, -0.2) is 49.6 Å². The Hall–Kier alpha value is -3.79. The summed E-state index contributed by atoms with van der Waals surface area (Å²) in [5, 5.41) is 0. The Morgan fingerprint density at radius 2 is 1.85 bits per heavy atom. The SMILES string of the molecule is C[C@H]1Oc2nc(N3C(=O)c4c(cccc4S(C)(=O)=O)C3c3cccnc3)ccc2N(C)C1=O. The van der Waals surface area contributed by atoms with Crippen molar-refractivity contribution in [3.8, 4) is 5.88 Å². The summed E-state index contributed by atoms with van der Waals surface area (Å²) in [7, 11) is -2.03. The van der Waals surface area contributed by atoms with Crippen LogP contribution in [0.1, 0.15) is 34.5 Å². The standard InChI is InChI=1S/C23H20N4O5S/c1-13-22(28)26(2)16-9-10-18(25-21(16)32-13)27-20(14-6-5-11-24-12-14)15-7-4-8-17(33(3,30)31)19(15)23(27)29/h4-13,20H,1-3H3/t13-,20?/m1/s1. The van der Waals surface area contributed by atoms with E-state index in [4.69, 9.17) is 4.74 Å². The van der Waals surface area contributed by atoms with E-state index in [-0.39, 0.29) is 28.1 Å². The molecule has 0 spiro atoms. The maximum absolute atomic E-state index is 13.7. The lowest BCUT2D eigenvalue weighted by Gasteiger charge is -2.31. The number of carbonyl (C=O) groups excluding carboxylic acids is 2. The Kier molecular flexibility index (Phi) is 4.71. The third-order valence-corrected chi connectivity index (χ3v) is 6.98. The molecule has 33 heavy (non-hydrogen) atoms. The molecule has 3 aromatic rings. The molecule has 0 aliphatic carbocycles. The lowest BCUT2D eigenvalue weighted by molar-refractivity contribution is -0.125. The summed E-state index contributed by atoms with van der Waals surface area (Å²) in [5.74, 6) is -0.189. The first-order chi connectivity index (χ1) is 15.7. The van der Waals surface area contributed by atoms with Crippen molar-refractivity contribution in [1.82, 2.24) is 9.97 Å². The highest BCUT2D eigenvalue weighted by Crippen LogP contribution is 2.44. The number of benzene rings is 1. The first-order valence-electron chi connectivity index (χ1n) is 10.2. The molecule has 2 aliphatic rings. The summed E-state index contributed by atoms with van der Waals surface area (Å²) in [4.78, 5) is 37.5. The Morgan fingerprint density at radius 1 is 1.06 bits per heavy atom. The molecule has 2 atom stereocenters. The number of anilines is 2. The molecule has 1 unspecified atom stereocenters. The van der Waals surface area contributed by atoms with Crippen LogP contribution in [0, 0.1) is 0 Å². The minimum Gasteiger partial charge on any atom is -0.463 e. The number of sulfone groups is 1. The molecule has 9 nitrogen and oxygen atoms in total. The van der Waals surface area contributed by atoms with E-state index in [1.807, 2.05) is 6.07 Å². The van der Waals surface area contributed by atoms with Gasteiger partial charge in [0.25, 0.3) is 11.8 Å². The Morgan fingerprint density at radius 3 is 2.55 bits per heavy atom. The van der Waals surface area contributed by atoms with Crippen LogP contribution >= 0.6 is 0 Å². The van der Waals surface area contributed by atoms with Gasteiger partial charge in [0.05, 0.1) is 16.5 Å². The van der Waals surface area contributed by atoms with Crippen LogP contribution in [0.25, 0.3) is 0 Å². The van der Waals surface area contributed by atoms with Crippen LogP contribution in [0.15, 0.2) is 59.8 Å². The maximum Gasteiger partial charge on any atom is 0.267 e. The molecule has 1 aromatic carbocycles. The third-order valence-electron chi connectivity index (χ3n) is 5.84. The van der Waals surface area contributed by atoms with Crippen molar-refractivity contribution in [3.05, 3.63) is 71.5 Å². The van der Waals surface area contributed by atoms with Gasteiger partial charge in [-0.3, -0.25) is 19.5 Å². The summed E-state index contributed by atoms with van der Waals surface area (Å²) in [5.41, 5.74) is 1.86. The van der Waals surface area contributed by atoms with Crippen molar-refractivity contribution in [2.24, 2.45) is 0 Å². The van der Waals surface area contributed by atoms with Crippen LogP contribution in [0.5, 0.6) is 5.88 Å². The van der Waals surface area contributed by atoms with Crippen LogP contribution in [0.2, 0.25) is 0 Å². The number of hydrogen-bond acceptors (Lipinski definition) is 7. The quantitative estimate of drug-likeness (QED) is 0.585. The molecule has 168 valence electrons. The Bertz CT molecular complexity index is 1410. The van der Waals surface area contributed by atoms with Gasteiger partial charge in [0.1, 0.15) is 11.5 Å². The van der Waals surface area contributed by atoms with E-state index in [9.17, 15) is 18.0 Å². The van der Waals surface area contributed by atoms with E-state index >= 15 is 0 Å². The summed E-state index contributed by atoms with van der Waals surface area (Å²) in [6.45, 7) is 1.63. The molecular weight excluding hydrogens is 444 g/mol. The predicted molar refractivity (Wildman–Crippen MR) is 120 cm³/mol. The van der Waals surface area contributed by atoms with E-state index in [0.717, 1.165) is 6.26 Å². The summed E-state index contributed by atoms with van der Waals surface area (Å²) in [6, 6.07) is 11.0. The average molecular weight is 465 g/mol. The fourth-order valence-electron chi connectivity index (χ4n) is 4.30. The molecule has 0 saturated carbocycles. The molecule has 0 fully saturated rings. The van der Waals surface area contributed by atoms with Crippen molar-refractivity contribution in [2.45, 2.75) is 24.0 Å². The Balaban J connectivity index is 1.71. The van der Waals surface area contributed by atoms with Crippen molar-refractivity contribution < 1.29 is 22.7 Å². The monoisotopic (exact) mass is 464 g/mol. The van der Waals surface area contributed by atoms with Gasteiger partial charge in [0.15, 0.2) is 15.9 Å². The molecule has 0 bridgehead atoms. The highest BCUT2D eigenvalue weighted by atomic mass is 32.2. The van der Waals surface area contributed by atoms with Gasteiger partial charge in [-0.1, -0.05) is 18.2 Å². The smallest absolute Gasteiger partial charge is 0.267 e. The minimum atomic E-state index is -3.66. The number of pyridine rings is 2. The minimum absolute atomic E-state index is 0.0328. The van der Waals surface area contributed by atoms with E-state index in [2.05, 4.69) is 9.97 Å². The van der Waals surface area contributed by atoms with Crippen molar-refractivity contribution >= 4 is 33.2 Å². The largest absolute Gasteiger partial charge is 0.463 e. The second kappa shape index (κ2) is 7.38. The fourth-order valence-corrected chi connectivity index (χ4v) is 5.20. The summed E-state index contributed by atoms with van der Waals surface area (Å²) < 4.78 is 30.6. The molecule has 4 heterocycles. The lowest BCUT2D eigenvalue weighted by Crippen LogP contribution is -2.42. The number of aromatic nitrogens is 2. The first kappa shape index (κ1) is 21.1. The predicted octanol–water partition coefficient (Wildman–Crippen LogP) is 2.37. The van der Waals surface area contributed by atoms with Gasteiger partial charge in [-0.25, -0.2) is 8.42 Å². The maximum atomic E-state index is 13.7. The van der Waals surface area contributed by atoms with Gasteiger partial charge in [0.2, 0.25) is 5.88 Å². The van der Waals surface area contributed by atoms with Crippen molar-refractivity contribution in [3.63, 3.8) is 0 Å². The average Bonchev–Trinajstić information content (AvgIpc) is 3.09. The highest BCUT2D eigenvalue weighted by Gasteiger charge is 2.43. The number of ether oxygens (including phenoxy) is 1.